The molecule has 5 aliphatic rings. The van der Waals surface area contributed by atoms with Crippen LogP contribution in [0.4, 0.5) is 30.8 Å². The Morgan fingerprint density at radius 3 is 2.47 bits per heavy atom. The SMILES string of the molecule is CCN(C)SNc1ccc(F)c(Oc2ccc3ncn(C4CC5(CCN(C6CC7(C6)CN(c6cc8c(cc6F)c(N6CCC(=O)NC6=O)nn8C)C7)CC5)C4)c(=O)c3c2)c1C#N. The lowest BCUT2D eigenvalue weighted by Gasteiger charge is -2.63. The van der Waals surface area contributed by atoms with Crippen LogP contribution in [-0.4, -0.2) is 92.8 Å². The molecule has 5 heterocycles. The highest BCUT2D eigenvalue weighted by molar-refractivity contribution is 7.98. The van der Waals surface area contributed by atoms with Gasteiger partial charge in [-0.25, -0.2) is 22.9 Å². The van der Waals surface area contributed by atoms with E-state index in [-0.39, 0.29) is 64.2 Å². The van der Waals surface area contributed by atoms with Gasteiger partial charge in [0.05, 0.1) is 34.1 Å². The molecule has 0 atom stereocenters. The zero-order valence-electron chi connectivity index (χ0n) is 34.8. The molecule has 2 aliphatic carbocycles. The smallest absolute Gasteiger partial charge is 0.329 e. The van der Waals surface area contributed by atoms with Gasteiger partial charge in [-0.2, -0.15) is 10.4 Å². The number of imide groups is 1. The third-order valence-electron chi connectivity index (χ3n) is 14.0. The van der Waals surface area contributed by atoms with Crippen LogP contribution in [0.25, 0.3) is 21.8 Å². The molecule has 62 heavy (non-hydrogen) atoms. The maximum Gasteiger partial charge on any atom is 0.329 e. The molecule has 2 spiro atoms. The van der Waals surface area contributed by atoms with E-state index in [0.29, 0.717) is 39.5 Å². The molecule has 18 heteroatoms. The minimum atomic E-state index is -0.682. The Kier molecular flexibility index (Phi) is 9.91. The Labute approximate surface area is 360 Å². The summed E-state index contributed by atoms with van der Waals surface area (Å²) in [4.78, 5) is 48.8. The Balaban J connectivity index is 0.739. The molecule has 2 aromatic heterocycles. The molecule has 5 aromatic rings. The Hall–Kier alpha value is -5.77. The topological polar surface area (TPSA) is 157 Å². The highest BCUT2D eigenvalue weighted by Crippen LogP contribution is 2.57. The van der Waals surface area contributed by atoms with Crippen LogP contribution < -0.4 is 30.1 Å². The van der Waals surface area contributed by atoms with Crippen molar-refractivity contribution in [1.29, 1.82) is 5.26 Å². The predicted octanol–water partition coefficient (Wildman–Crippen LogP) is 6.68. The van der Waals surface area contributed by atoms with Gasteiger partial charge in [-0.15, -0.1) is 0 Å². The summed E-state index contributed by atoms with van der Waals surface area (Å²) < 4.78 is 45.1. The van der Waals surface area contributed by atoms with E-state index in [2.05, 4.69) is 36.0 Å². The van der Waals surface area contributed by atoms with Crippen LogP contribution in [0.15, 0.2) is 53.6 Å². The zero-order valence-corrected chi connectivity index (χ0v) is 35.6. The van der Waals surface area contributed by atoms with Gasteiger partial charge in [0.25, 0.3) is 5.56 Å². The third kappa shape index (κ3) is 6.90. The highest BCUT2D eigenvalue weighted by atomic mass is 32.2. The minimum absolute atomic E-state index is 0.0272. The van der Waals surface area contributed by atoms with E-state index in [0.717, 1.165) is 76.8 Å². The molecule has 2 saturated carbocycles. The molecule has 10 rings (SSSR count). The second-order valence-electron chi connectivity index (χ2n) is 17.8. The summed E-state index contributed by atoms with van der Waals surface area (Å²) in [7, 11) is 3.67. The van der Waals surface area contributed by atoms with Crippen molar-refractivity contribution in [3.8, 4) is 17.6 Å². The second-order valence-corrected chi connectivity index (χ2v) is 18.8. The molecule has 15 nitrogen and oxygen atoms in total. The third-order valence-corrected chi connectivity index (χ3v) is 14.9. The van der Waals surface area contributed by atoms with Crippen molar-refractivity contribution in [1.82, 2.24) is 33.9 Å². The van der Waals surface area contributed by atoms with Crippen LogP contribution in [0.5, 0.6) is 11.5 Å². The number of nitrogens with zero attached hydrogens (tertiary/aromatic N) is 9. The largest absolute Gasteiger partial charge is 0.453 e. The molecule has 5 fully saturated rings. The average Bonchev–Trinajstić information content (AvgIpc) is 3.53. The number of amides is 3. The summed E-state index contributed by atoms with van der Waals surface area (Å²) in [6, 6.07) is 13.0. The number of hydrogen-bond donors (Lipinski definition) is 2. The second kappa shape index (κ2) is 15.2. The maximum atomic E-state index is 15.7. The first-order chi connectivity index (χ1) is 29.8. The van der Waals surface area contributed by atoms with Crippen molar-refractivity contribution in [3.63, 3.8) is 0 Å². The van der Waals surface area contributed by atoms with E-state index < -0.39 is 11.8 Å². The van der Waals surface area contributed by atoms with Gasteiger partial charge in [-0.05, 0) is 107 Å². The molecular formula is C44H47F2N11O4S. The first kappa shape index (κ1) is 40.3. The van der Waals surface area contributed by atoms with Gasteiger partial charge < -0.3 is 19.3 Å². The highest BCUT2D eigenvalue weighted by Gasteiger charge is 2.56. The van der Waals surface area contributed by atoms with Gasteiger partial charge in [0.15, 0.2) is 17.4 Å². The standard InChI is InChI=1S/C44H47F2N11O4S/c1-4-52(2)62-51-35-8-6-32(45)39(31(35)22-47)61-28-5-7-34-29(15-28)41(59)57(25-48-34)27-20-43(21-27)10-13-54(14-11-43)26-18-44(19-26)23-55(24-44)37-17-36-30(16-33(37)46)40(50-53(36)3)56-12-9-38(58)49-42(56)60/h5-8,15-17,25-27,51H,4,9-14,18-21,23-24H2,1-3H3,(H,49,58,60). The molecule has 3 aromatic carbocycles. The number of aryl methyl sites for hydroxylation is 1. The van der Waals surface area contributed by atoms with Gasteiger partial charge in [0, 0.05) is 74.7 Å². The van der Waals surface area contributed by atoms with Gasteiger partial charge in [-0.1, -0.05) is 6.92 Å². The lowest BCUT2D eigenvalue weighted by atomic mass is 9.57. The average molecular weight is 864 g/mol. The maximum absolute atomic E-state index is 15.7. The van der Waals surface area contributed by atoms with Gasteiger partial charge >= 0.3 is 6.03 Å². The first-order valence-electron chi connectivity index (χ1n) is 21.2. The first-order valence-corrected chi connectivity index (χ1v) is 21.9. The zero-order chi connectivity index (χ0) is 43.1. The number of likely N-dealkylation sites (tertiary alicyclic amines) is 1. The Morgan fingerprint density at radius 1 is 0.984 bits per heavy atom. The number of anilines is 3. The van der Waals surface area contributed by atoms with Gasteiger partial charge in [-0.3, -0.25) is 29.1 Å². The van der Waals surface area contributed by atoms with Crippen molar-refractivity contribution in [2.24, 2.45) is 17.9 Å². The number of nitriles is 1. The van der Waals surface area contributed by atoms with Gasteiger partial charge in [0.2, 0.25) is 5.91 Å². The Bertz CT molecular complexity index is 2740. The van der Waals surface area contributed by atoms with Crippen molar-refractivity contribution in [2.45, 2.75) is 64.0 Å². The molecule has 2 N–H and O–H groups in total. The van der Waals surface area contributed by atoms with E-state index in [4.69, 9.17) is 4.74 Å². The lowest BCUT2D eigenvalue weighted by molar-refractivity contribution is -0.120. The molecule has 3 amide bonds. The van der Waals surface area contributed by atoms with E-state index in [9.17, 15) is 19.6 Å². The van der Waals surface area contributed by atoms with Crippen LogP contribution in [-0.2, 0) is 11.8 Å². The Morgan fingerprint density at radius 2 is 1.74 bits per heavy atom. The quantitative estimate of drug-likeness (QED) is 0.144. The summed E-state index contributed by atoms with van der Waals surface area (Å²) in [5.74, 6) is -0.988. The lowest BCUT2D eigenvalue weighted by Crippen LogP contribution is -2.67. The molecule has 0 bridgehead atoms. The summed E-state index contributed by atoms with van der Waals surface area (Å²) in [6.07, 6.45) is 7.96. The fourth-order valence-corrected chi connectivity index (χ4v) is 10.9. The number of hydrogen-bond acceptors (Lipinski definition) is 12. The number of benzene rings is 3. The van der Waals surface area contributed by atoms with Crippen LogP contribution >= 0.6 is 12.1 Å². The number of urea groups is 1. The number of aromatic nitrogens is 4. The van der Waals surface area contributed by atoms with Crippen LogP contribution in [0, 0.1) is 33.8 Å². The van der Waals surface area contributed by atoms with E-state index in [1.165, 1.54) is 35.2 Å². The van der Waals surface area contributed by atoms with Crippen LogP contribution in [0.2, 0.25) is 0 Å². The molecule has 0 radical (unpaired) electrons. The van der Waals surface area contributed by atoms with Crippen molar-refractivity contribution in [3.05, 3.63) is 76.3 Å². The number of fused-ring (bicyclic) bond motifs is 2. The van der Waals surface area contributed by atoms with Crippen LogP contribution in [0.3, 0.4) is 0 Å². The molecular weight excluding hydrogens is 817 g/mol. The number of nitrogens with one attached hydrogen (secondary N) is 2. The van der Waals surface area contributed by atoms with E-state index >= 15 is 8.78 Å². The van der Waals surface area contributed by atoms with Crippen molar-refractivity contribution >= 4 is 63.1 Å². The summed E-state index contributed by atoms with van der Waals surface area (Å²) in [6.45, 7) is 6.59. The van der Waals surface area contributed by atoms with Crippen molar-refractivity contribution in [2.75, 3.05) is 60.8 Å². The fourth-order valence-electron chi connectivity index (χ4n) is 10.4. The van der Waals surface area contributed by atoms with E-state index in [1.807, 2.05) is 24.3 Å². The molecule has 3 aliphatic heterocycles. The van der Waals surface area contributed by atoms with Crippen LogP contribution in [0.1, 0.15) is 63.5 Å². The number of carbonyl (C=O) groups is 2. The van der Waals surface area contributed by atoms with Crippen molar-refractivity contribution < 1.29 is 23.1 Å². The summed E-state index contributed by atoms with van der Waals surface area (Å²) in [5, 5.41) is 17.7. The monoisotopic (exact) mass is 863 g/mol. The minimum Gasteiger partial charge on any atom is -0.453 e. The summed E-state index contributed by atoms with van der Waals surface area (Å²) in [5.41, 5.74) is 2.45. The number of halogens is 2. The number of ether oxygens (including phenoxy) is 1. The fraction of sp³-hybridized carbons (Fsp3) is 0.455. The number of carbonyl (C=O) groups excluding carboxylic acids is 2. The normalized spacial score (nSPS) is 21.0. The molecule has 322 valence electrons. The molecule has 3 saturated heterocycles. The summed E-state index contributed by atoms with van der Waals surface area (Å²) >= 11 is 1.29. The van der Waals surface area contributed by atoms with E-state index in [1.54, 1.807) is 40.8 Å². The number of rotatable bonds is 10. The van der Waals surface area contributed by atoms with Gasteiger partial charge in [0.1, 0.15) is 23.2 Å². The predicted molar refractivity (Wildman–Crippen MR) is 232 cm³/mol. The number of piperidine rings is 1. The molecule has 0 unspecified atom stereocenters.